The number of halogens is 1. The maximum absolute atomic E-state index is 9.31. The number of aryl methyl sites for hydroxylation is 1. The average molecular weight is 330 g/mol. The van der Waals surface area contributed by atoms with Crippen molar-refractivity contribution in [1.29, 1.82) is 0 Å². The second-order valence-electron chi connectivity index (χ2n) is 5.08. The zero-order valence-electron chi connectivity index (χ0n) is 12.6. The molecular weight excluding hydrogens is 314 g/mol. The van der Waals surface area contributed by atoms with E-state index in [9.17, 15) is 5.11 Å². The Labute approximate surface area is 139 Å². The van der Waals surface area contributed by atoms with E-state index in [0.29, 0.717) is 22.4 Å². The molecule has 0 spiro atoms. The van der Waals surface area contributed by atoms with E-state index in [1.807, 2.05) is 55.5 Å². The number of para-hydroxylation sites is 1. The molecule has 0 fully saturated rings. The molecule has 5 heteroatoms. The Balaban J connectivity index is 1.77. The molecule has 0 saturated carbocycles. The van der Waals surface area contributed by atoms with Crippen LogP contribution in [0.15, 0.2) is 52.9 Å². The van der Waals surface area contributed by atoms with Crippen molar-refractivity contribution in [3.63, 3.8) is 0 Å². The molecule has 0 aliphatic carbocycles. The molecule has 0 aliphatic heterocycles. The van der Waals surface area contributed by atoms with Gasteiger partial charge in [-0.15, -0.1) is 0 Å². The van der Waals surface area contributed by atoms with Crippen LogP contribution in [0, 0.1) is 6.92 Å². The summed E-state index contributed by atoms with van der Waals surface area (Å²) in [7, 11) is 0. The van der Waals surface area contributed by atoms with Gasteiger partial charge in [-0.25, -0.2) is 4.98 Å². The minimum Gasteiger partial charge on any atom is -0.483 e. The number of aliphatic hydroxyl groups excluding tert-OH is 1. The molecule has 1 heterocycles. The normalized spacial score (nSPS) is 10.7. The SMILES string of the molecule is Cc1nc(COc2ccccc2CO)oc1-c1ccc(Cl)cc1. The standard InChI is InChI=1S/C18H16ClNO3/c1-12-18(13-6-8-15(19)9-7-13)23-17(20-12)11-22-16-5-3-2-4-14(16)10-21/h2-9,21H,10-11H2,1H3. The predicted octanol–water partition coefficient (Wildman–Crippen LogP) is 4.37. The number of ether oxygens (including phenoxy) is 1. The fraction of sp³-hybridized carbons (Fsp3) is 0.167. The zero-order valence-corrected chi connectivity index (χ0v) is 13.4. The van der Waals surface area contributed by atoms with Crippen LogP contribution in [-0.2, 0) is 13.2 Å². The third kappa shape index (κ3) is 3.55. The fourth-order valence-corrected chi connectivity index (χ4v) is 2.42. The average Bonchev–Trinajstić information content (AvgIpc) is 2.95. The zero-order chi connectivity index (χ0) is 16.2. The molecule has 1 N–H and O–H groups in total. The lowest BCUT2D eigenvalue weighted by Gasteiger charge is -2.07. The van der Waals surface area contributed by atoms with Gasteiger partial charge in [0.25, 0.3) is 0 Å². The van der Waals surface area contributed by atoms with Crippen LogP contribution < -0.4 is 4.74 Å². The molecule has 0 bridgehead atoms. The van der Waals surface area contributed by atoms with Gasteiger partial charge in [0.15, 0.2) is 12.4 Å². The van der Waals surface area contributed by atoms with Gasteiger partial charge in [0.2, 0.25) is 5.89 Å². The van der Waals surface area contributed by atoms with E-state index in [2.05, 4.69) is 4.98 Å². The van der Waals surface area contributed by atoms with E-state index in [-0.39, 0.29) is 13.2 Å². The summed E-state index contributed by atoms with van der Waals surface area (Å²) in [6.45, 7) is 2.01. The highest BCUT2D eigenvalue weighted by Crippen LogP contribution is 2.27. The molecule has 0 aliphatic rings. The smallest absolute Gasteiger partial charge is 0.233 e. The summed E-state index contributed by atoms with van der Waals surface area (Å²) in [5.74, 6) is 1.81. The van der Waals surface area contributed by atoms with Crippen molar-refractivity contribution < 1.29 is 14.3 Å². The Morgan fingerprint density at radius 3 is 2.61 bits per heavy atom. The number of oxazole rings is 1. The maximum atomic E-state index is 9.31. The molecule has 1 aromatic heterocycles. The van der Waals surface area contributed by atoms with Crippen LogP contribution in [0.4, 0.5) is 0 Å². The van der Waals surface area contributed by atoms with Gasteiger partial charge in [0.1, 0.15) is 5.75 Å². The first-order chi connectivity index (χ1) is 11.2. The molecule has 0 saturated heterocycles. The van der Waals surface area contributed by atoms with Crippen LogP contribution in [-0.4, -0.2) is 10.1 Å². The first-order valence-corrected chi connectivity index (χ1v) is 7.59. The van der Waals surface area contributed by atoms with Crippen LogP contribution in [0.2, 0.25) is 5.02 Å². The molecule has 0 unspecified atom stereocenters. The fourth-order valence-electron chi connectivity index (χ4n) is 2.30. The molecular formula is C18H16ClNO3. The number of benzene rings is 2. The summed E-state index contributed by atoms with van der Waals surface area (Å²) >= 11 is 5.90. The van der Waals surface area contributed by atoms with E-state index in [4.69, 9.17) is 20.8 Å². The van der Waals surface area contributed by atoms with E-state index >= 15 is 0 Å². The lowest BCUT2D eigenvalue weighted by molar-refractivity contribution is 0.242. The number of aromatic nitrogens is 1. The second kappa shape index (κ2) is 6.86. The third-order valence-corrected chi connectivity index (χ3v) is 3.69. The molecule has 4 nitrogen and oxygen atoms in total. The van der Waals surface area contributed by atoms with Crippen molar-refractivity contribution in [3.05, 3.63) is 70.7 Å². The summed E-state index contributed by atoms with van der Waals surface area (Å²) in [4.78, 5) is 4.39. The van der Waals surface area contributed by atoms with Crippen LogP contribution in [0.25, 0.3) is 11.3 Å². The highest BCUT2D eigenvalue weighted by Gasteiger charge is 2.13. The number of hydrogen-bond acceptors (Lipinski definition) is 4. The minimum atomic E-state index is -0.0726. The van der Waals surface area contributed by atoms with Crippen molar-refractivity contribution in [3.8, 4) is 17.1 Å². The summed E-state index contributed by atoms with van der Waals surface area (Å²) in [6.07, 6.45) is 0. The lowest BCUT2D eigenvalue weighted by Crippen LogP contribution is -1.98. The van der Waals surface area contributed by atoms with E-state index in [1.54, 1.807) is 0 Å². The van der Waals surface area contributed by atoms with Gasteiger partial charge in [-0.1, -0.05) is 29.8 Å². The number of rotatable bonds is 5. The van der Waals surface area contributed by atoms with Gasteiger partial charge >= 0.3 is 0 Å². The number of aliphatic hydroxyl groups is 1. The Kier molecular flexibility index (Phi) is 4.65. The minimum absolute atomic E-state index is 0.0726. The van der Waals surface area contributed by atoms with Gasteiger partial charge in [0.05, 0.1) is 12.3 Å². The van der Waals surface area contributed by atoms with Crippen LogP contribution in [0.5, 0.6) is 5.75 Å². The molecule has 0 radical (unpaired) electrons. The molecule has 23 heavy (non-hydrogen) atoms. The molecule has 0 atom stereocenters. The van der Waals surface area contributed by atoms with Crippen LogP contribution >= 0.6 is 11.6 Å². The van der Waals surface area contributed by atoms with E-state index in [0.717, 1.165) is 16.8 Å². The molecule has 3 aromatic rings. The monoisotopic (exact) mass is 329 g/mol. The maximum Gasteiger partial charge on any atom is 0.233 e. The largest absolute Gasteiger partial charge is 0.483 e. The highest BCUT2D eigenvalue weighted by atomic mass is 35.5. The van der Waals surface area contributed by atoms with E-state index in [1.165, 1.54) is 0 Å². The van der Waals surface area contributed by atoms with Crippen molar-refractivity contribution in [2.45, 2.75) is 20.1 Å². The Morgan fingerprint density at radius 1 is 1.13 bits per heavy atom. The van der Waals surface area contributed by atoms with Gasteiger partial charge in [-0.2, -0.15) is 0 Å². The van der Waals surface area contributed by atoms with E-state index < -0.39 is 0 Å². The second-order valence-corrected chi connectivity index (χ2v) is 5.52. The lowest BCUT2D eigenvalue weighted by atomic mass is 10.1. The third-order valence-electron chi connectivity index (χ3n) is 3.44. The number of hydrogen-bond donors (Lipinski definition) is 1. The first-order valence-electron chi connectivity index (χ1n) is 7.21. The summed E-state index contributed by atoms with van der Waals surface area (Å²) in [5, 5.41) is 9.98. The Morgan fingerprint density at radius 2 is 1.87 bits per heavy atom. The van der Waals surface area contributed by atoms with Crippen molar-refractivity contribution >= 4 is 11.6 Å². The van der Waals surface area contributed by atoms with Crippen molar-refractivity contribution in [2.75, 3.05) is 0 Å². The first kappa shape index (κ1) is 15.6. The number of nitrogens with zero attached hydrogens (tertiary/aromatic N) is 1. The Hall–Kier alpha value is -2.30. The predicted molar refractivity (Wildman–Crippen MR) is 88.4 cm³/mol. The Bertz CT molecular complexity index is 796. The summed E-state index contributed by atoms with van der Waals surface area (Å²) in [6, 6.07) is 14.7. The molecule has 2 aromatic carbocycles. The van der Waals surface area contributed by atoms with Gasteiger partial charge in [-0.05, 0) is 37.3 Å². The summed E-state index contributed by atoms with van der Waals surface area (Å²) < 4.78 is 11.5. The molecule has 118 valence electrons. The van der Waals surface area contributed by atoms with Crippen molar-refractivity contribution in [1.82, 2.24) is 4.98 Å². The van der Waals surface area contributed by atoms with Crippen molar-refractivity contribution in [2.24, 2.45) is 0 Å². The molecule has 3 rings (SSSR count). The summed E-state index contributed by atoms with van der Waals surface area (Å²) in [5.41, 5.74) is 2.44. The quantitative estimate of drug-likeness (QED) is 0.755. The van der Waals surface area contributed by atoms with Gasteiger partial charge in [0, 0.05) is 16.1 Å². The van der Waals surface area contributed by atoms with Crippen LogP contribution in [0.1, 0.15) is 17.1 Å². The topological polar surface area (TPSA) is 55.5 Å². The molecule has 0 amide bonds. The highest BCUT2D eigenvalue weighted by molar-refractivity contribution is 6.30. The van der Waals surface area contributed by atoms with Gasteiger partial charge in [-0.3, -0.25) is 0 Å². The van der Waals surface area contributed by atoms with Gasteiger partial charge < -0.3 is 14.3 Å². The van der Waals surface area contributed by atoms with Crippen LogP contribution in [0.3, 0.4) is 0 Å².